The van der Waals surface area contributed by atoms with E-state index in [2.05, 4.69) is 92.5 Å². The van der Waals surface area contributed by atoms with Crippen molar-refractivity contribution < 1.29 is 9.59 Å². The molecular formula is C37H56N4O2. The van der Waals surface area contributed by atoms with Crippen LogP contribution in [0.15, 0.2) is 54.6 Å². The first kappa shape index (κ1) is 32.9. The van der Waals surface area contributed by atoms with Crippen LogP contribution < -0.4 is 10.2 Å². The van der Waals surface area contributed by atoms with E-state index in [0.717, 1.165) is 77.7 Å². The molecule has 0 bridgehead atoms. The van der Waals surface area contributed by atoms with Crippen molar-refractivity contribution in [1.82, 2.24) is 15.1 Å². The summed E-state index contributed by atoms with van der Waals surface area (Å²) in [4.78, 5) is 33.4. The van der Waals surface area contributed by atoms with Crippen LogP contribution in [0.4, 0.5) is 10.5 Å². The zero-order chi connectivity index (χ0) is 30.6. The Morgan fingerprint density at radius 2 is 1.37 bits per heavy atom. The van der Waals surface area contributed by atoms with E-state index in [4.69, 9.17) is 0 Å². The number of carbonyl (C=O) groups is 2. The summed E-state index contributed by atoms with van der Waals surface area (Å²) in [5, 5.41) is 3.15. The van der Waals surface area contributed by atoms with Crippen molar-refractivity contribution in [3.63, 3.8) is 0 Å². The van der Waals surface area contributed by atoms with Gasteiger partial charge in [0.25, 0.3) is 0 Å². The topological polar surface area (TPSA) is 55.9 Å². The van der Waals surface area contributed by atoms with Crippen molar-refractivity contribution >= 4 is 17.6 Å². The Kier molecular flexibility index (Phi) is 12.8. The van der Waals surface area contributed by atoms with Gasteiger partial charge in [-0.05, 0) is 86.5 Å². The molecule has 2 aromatic carbocycles. The van der Waals surface area contributed by atoms with Gasteiger partial charge < -0.3 is 20.0 Å². The molecule has 2 aromatic rings. The summed E-state index contributed by atoms with van der Waals surface area (Å²) in [6, 6.07) is 19.8. The molecule has 2 aliphatic rings. The summed E-state index contributed by atoms with van der Waals surface area (Å²) in [5.41, 5.74) is 4.04. The summed E-state index contributed by atoms with van der Waals surface area (Å²) in [5.74, 6) is 1.06. The third kappa shape index (κ3) is 10.3. The van der Waals surface area contributed by atoms with E-state index in [1.165, 1.54) is 29.7 Å². The second kappa shape index (κ2) is 16.7. The SMILES string of the molecule is CC(C)CCN(c1ccc(CCc2ccccc2)cc1)C1CCN(C(=O)[C@H](CC(C)C)NC(=O)N2CCCCCC2)CC1. The number of nitrogens with zero attached hydrogens (tertiary/aromatic N) is 3. The Morgan fingerprint density at radius 3 is 1.95 bits per heavy atom. The molecule has 0 saturated carbocycles. The van der Waals surface area contributed by atoms with Gasteiger partial charge in [0.2, 0.25) is 5.91 Å². The molecule has 0 spiro atoms. The maximum atomic E-state index is 13.8. The lowest BCUT2D eigenvalue weighted by Gasteiger charge is -2.41. The minimum atomic E-state index is -0.451. The van der Waals surface area contributed by atoms with Gasteiger partial charge in [0, 0.05) is 44.5 Å². The van der Waals surface area contributed by atoms with Crippen LogP contribution in [0.3, 0.4) is 0 Å². The summed E-state index contributed by atoms with van der Waals surface area (Å²) in [6.07, 6.45) is 10.3. The maximum absolute atomic E-state index is 13.8. The smallest absolute Gasteiger partial charge is 0.318 e. The number of anilines is 1. The Morgan fingerprint density at radius 1 is 0.767 bits per heavy atom. The summed E-state index contributed by atoms with van der Waals surface area (Å²) >= 11 is 0. The average Bonchev–Trinajstić information content (AvgIpc) is 3.30. The van der Waals surface area contributed by atoms with E-state index in [1.54, 1.807) is 0 Å². The molecular weight excluding hydrogens is 532 g/mol. The Hall–Kier alpha value is -3.02. The molecule has 1 N–H and O–H groups in total. The fourth-order valence-corrected chi connectivity index (χ4v) is 6.53. The van der Waals surface area contributed by atoms with Crippen LogP contribution >= 0.6 is 0 Å². The van der Waals surface area contributed by atoms with Crippen LogP contribution in [0.5, 0.6) is 0 Å². The van der Waals surface area contributed by atoms with Gasteiger partial charge in [-0.25, -0.2) is 4.79 Å². The fourth-order valence-electron chi connectivity index (χ4n) is 6.53. The van der Waals surface area contributed by atoms with Crippen molar-refractivity contribution in [2.45, 2.75) is 104 Å². The van der Waals surface area contributed by atoms with Gasteiger partial charge in [-0.2, -0.15) is 0 Å². The van der Waals surface area contributed by atoms with Crippen LogP contribution in [0.1, 0.15) is 90.2 Å². The summed E-state index contributed by atoms with van der Waals surface area (Å²) in [7, 11) is 0. The van der Waals surface area contributed by atoms with Crippen LogP contribution in [-0.2, 0) is 17.6 Å². The Labute approximate surface area is 261 Å². The van der Waals surface area contributed by atoms with Crippen molar-refractivity contribution in [3.05, 3.63) is 65.7 Å². The van der Waals surface area contributed by atoms with E-state index in [1.807, 2.05) is 9.80 Å². The normalized spacial score (nSPS) is 17.2. The number of carbonyl (C=O) groups excluding carboxylic acids is 2. The third-order valence-corrected chi connectivity index (χ3v) is 9.17. The maximum Gasteiger partial charge on any atom is 0.318 e. The van der Waals surface area contributed by atoms with Gasteiger partial charge in [0.1, 0.15) is 6.04 Å². The van der Waals surface area contributed by atoms with Crippen molar-refractivity contribution in [2.24, 2.45) is 11.8 Å². The molecule has 0 aliphatic carbocycles. The van der Waals surface area contributed by atoms with Crippen molar-refractivity contribution in [1.29, 1.82) is 0 Å². The number of rotatable bonds is 12. The minimum Gasteiger partial charge on any atom is -0.368 e. The van der Waals surface area contributed by atoms with Crippen LogP contribution in [0, 0.1) is 11.8 Å². The monoisotopic (exact) mass is 588 g/mol. The second-order valence-corrected chi connectivity index (χ2v) is 13.6. The lowest BCUT2D eigenvalue weighted by molar-refractivity contribution is -0.134. The summed E-state index contributed by atoms with van der Waals surface area (Å²) in [6.45, 7) is 12.9. The molecule has 4 rings (SSSR count). The first-order valence-corrected chi connectivity index (χ1v) is 17.0. The molecule has 236 valence electrons. The Balaban J connectivity index is 1.36. The zero-order valence-corrected chi connectivity index (χ0v) is 27.3. The first-order valence-electron chi connectivity index (χ1n) is 17.0. The lowest BCUT2D eigenvalue weighted by atomic mass is 9.97. The third-order valence-electron chi connectivity index (χ3n) is 9.17. The molecule has 43 heavy (non-hydrogen) atoms. The van der Waals surface area contributed by atoms with Gasteiger partial charge >= 0.3 is 6.03 Å². The van der Waals surface area contributed by atoms with Gasteiger partial charge in [-0.15, -0.1) is 0 Å². The highest BCUT2D eigenvalue weighted by Crippen LogP contribution is 2.26. The number of amides is 3. The van der Waals surface area contributed by atoms with E-state index in [-0.39, 0.29) is 11.9 Å². The minimum absolute atomic E-state index is 0.0668. The molecule has 2 fully saturated rings. The van der Waals surface area contributed by atoms with E-state index in [9.17, 15) is 9.59 Å². The zero-order valence-electron chi connectivity index (χ0n) is 27.3. The molecule has 0 unspecified atom stereocenters. The molecule has 2 aliphatic heterocycles. The molecule has 1 atom stereocenters. The van der Waals surface area contributed by atoms with Gasteiger partial charge in [-0.1, -0.05) is 83.0 Å². The number of benzene rings is 2. The molecule has 6 heteroatoms. The average molecular weight is 589 g/mol. The van der Waals surface area contributed by atoms with E-state index < -0.39 is 6.04 Å². The number of aryl methyl sites for hydroxylation is 2. The number of urea groups is 1. The largest absolute Gasteiger partial charge is 0.368 e. The molecule has 0 radical (unpaired) electrons. The predicted molar refractivity (Wildman–Crippen MR) is 179 cm³/mol. The molecule has 2 saturated heterocycles. The first-order chi connectivity index (χ1) is 20.8. The highest BCUT2D eigenvalue weighted by atomic mass is 16.2. The van der Waals surface area contributed by atoms with Crippen LogP contribution in [-0.4, -0.2) is 66.5 Å². The number of hydrogen-bond donors (Lipinski definition) is 1. The molecule has 0 aromatic heterocycles. The van der Waals surface area contributed by atoms with E-state index >= 15 is 0 Å². The molecule has 6 nitrogen and oxygen atoms in total. The van der Waals surface area contributed by atoms with Crippen LogP contribution in [0.2, 0.25) is 0 Å². The number of hydrogen-bond acceptors (Lipinski definition) is 3. The van der Waals surface area contributed by atoms with Gasteiger partial charge in [-0.3, -0.25) is 4.79 Å². The van der Waals surface area contributed by atoms with E-state index in [0.29, 0.717) is 24.3 Å². The van der Waals surface area contributed by atoms with Crippen molar-refractivity contribution in [3.8, 4) is 0 Å². The number of piperidine rings is 1. The van der Waals surface area contributed by atoms with Crippen LogP contribution in [0.25, 0.3) is 0 Å². The number of nitrogens with one attached hydrogen (secondary N) is 1. The fraction of sp³-hybridized carbons (Fsp3) is 0.622. The molecule has 3 amide bonds. The van der Waals surface area contributed by atoms with Gasteiger partial charge in [0.15, 0.2) is 0 Å². The second-order valence-electron chi connectivity index (χ2n) is 13.6. The quantitative estimate of drug-likeness (QED) is 0.283. The Bertz CT molecular complexity index is 1100. The number of likely N-dealkylation sites (tertiary alicyclic amines) is 2. The van der Waals surface area contributed by atoms with Gasteiger partial charge in [0.05, 0.1) is 0 Å². The van der Waals surface area contributed by atoms with Crippen molar-refractivity contribution in [2.75, 3.05) is 37.6 Å². The predicted octanol–water partition coefficient (Wildman–Crippen LogP) is 7.32. The molecule has 2 heterocycles. The summed E-state index contributed by atoms with van der Waals surface area (Å²) < 4.78 is 0. The lowest BCUT2D eigenvalue weighted by Crippen LogP contribution is -2.55. The highest BCUT2D eigenvalue weighted by molar-refractivity contribution is 5.87. The highest BCUT2D eigenvalue weighted by Gasteiger charge is 2.32. The standard InChI is InChI=1S/C37H56N4O2/c1-29(2)20-27-41(33-18-16-32(17-19-33)15-14-31-12-8-7-9-13-31)34-21-25-39(26-22-34)36(42)35(28-30(3)4)38-37(43)40-23-10-5-6-11-24-40/h7-9,12-13,16-19,29-30,34-35H,5-6,10-11,14-15,20-28H2,1-4H3,(H,38,43)/t35-/m0/s1.